The molecule has 0 radical (unpaired) electrons. The quantitative estimate of drug-likeness (QED) is 0.229. The largest absolute Gasteiger partial charge is 0.346 e. The minimum absolute atomic E-state index is 0.237. The van der Waals surface area contributed by atoms with Crippen LogP contribution in [0.2, 0.25) is 0 Å². The number of pyridine rings is 1. The number of carbonyl (C=O) groups excluding carboxylic acids is 2. The zero-order valence-corrected chi connectivity index (χ0v) is 21.9. The zero-order valence-electron chi connectivity index (χ0n) is 21.1. The summed E-state index contributed by atoms with van der Waals surface area (Å²) in [7, 11) is 0. The molecule has 2 aromatic carbocycles. The monoisotopic (exact) mass is 534 g/mol. The van der Waals surface area contributed by atoms with Crippen molar-refractivity contribution in [2.75, 3.05) is 11.9 Å². The Morgan fingerprint density at radius 1 is 1.13 bits per heavy atom. The number of thiazole rings is 1. The first-order valence-corrected chi connectivity index (χ1v) is 13.4. The number of benzene rings is 2. The fourth-order valence-electron chi connectivity index (χ4n) is 4.14. The number of carbonyl (C=O) groups is 2. The van der Waals surface area contributed by atoms with E-state index in [1.54, 1.807) is 23.7 Å². The Hall–Kier alpha value is -3.73. The van der Waals surface area contributed by atoms with Gasteiger partial charge in [-0.15, -0.1) is 11.3 Å². The van der Waals surface area contributed by atoms with Gasteiger partial charge in [-0.05, 0) is 67.6 Å². The SMILES string of the molecule is CCc1cccc2ncc(NC(=O)c3csc([C@@H](CCc4ccc(F)cc4)NC(=O)[C@H](N)CCN)n3)cc12. The average Bonchev–Trinajstić information content (AvgIpc) is 3.42. The number of aromatic nitrogens is 2. The molecular formula is C28H31FN6O2S. The molecule has 8 nitrogen and oxygen atoms in total. The van der Waals surface area contributed by atoms with Crippen LogP contribution in [0.4, 0.5) is 10.1 Å². The zero-order chi connectivity index (χ0) is 27.1. The van der Waals surface area contributed by atoms with Crippen LogP contribution in [-0.4, -0.2) is 34.4 Å². The molecule has 0 unspecified atom stereocenters. The van der Waals surface area contributed by atoms with Gasteiger partial charge < -0.3 is 22.1 Å². The number of nitrogens with zero attached hydrogens (tertiary/aromatic N) is 2. The van der Waals surface area contributed by atoms with E-state index in [0.29, 0.717) is 36.5 Å². The molecule has 2 aromatic heterocycles. The molecule has 4 aromatic rings. The summed E-state index contributed by atoms with van der Waals surface area (Å²) < 4.78 is 13.3. The Balaban J connectivity index is 1.51. The molecule has 10 heteroatoms. The van der Waals surface area contributed by atoms with Crippen molar-refractivity contribution < 1.29 is 14.0 Å². The summed E-state index contributed by atoms with van der Waals surface area (Å²) in [6.45, 7) is 2.37. The minimum Gasteiger partial charge on any atom is -0.346 e. The Kier molecular flexibility index (Phi) is 9.11. The van der Waals surface area contributed by atoms with Crippen LogP contribution in [0.15, 0.2) is 60.1 Å². The minimum atomic E-state index is -0.746. The summed E-state index contributed by atoms with van der Waals surface area (Å²) in [5, 5.41) is 9.05. The highest BCUT2D eigenvalue weighted by Crippen LogP contribution is 2.25. The molecule has 0 spiro atoms. The van der Waals surface area contributed by atoms with Gasteiger partial charge in [-0.3, -0.25) is 14.6 Å². The predicted octanol–water partition coefficient (Wildman–Crippen LogP) is 4.11. The van der Waals surface area contributed by atoms with Crippen LogP contribution in [0.3, 0.4) is 0 Å². The molecule has 198 valence electrons. The highest BCUT2D eigenvalue weighted by atomic mass is 32.1. The van der Waals surface area contributed by atoms with Crippen molar-refractivity contribution in [1.29, 1.82) is 0 Å². The molecule has 0 fully saturated rings. The number of hydrogen-bond donors (Lipinski definition) is 4. The second kappa shape index (κ2) is 12.7. The number of aryl methyl sites for hydroxylation is 2. The number of rotatable bonds is 11. The maximum Gasteiger partial charge on any atom is 0.275 e. The van der Waals surface area contributed by atoms with Crippen molar-refractivity contribution in [3.63, 3.8) is 0 Å². The Labute approximate surface area is 224 Å². The smallest absolute Gasteiger partial charge is 0.275 e. The fourth-order valence-corrected chi connectivity index (χ4v) is 5.03. The van der Waals surface area contributed by atoms with Crippen LogP contribution < -0.4 is 22.1 Å². The van der Waals surface area contributed by atoms with E-state index in [1.165, 1.54) is 23.5 Å². The normalized spacial score (nSPS) is 12.7. The lowest BCUT2D eigenvalue weighted by Gasteiger charge is -2.19. The number of nitrogens with two attached hydrogens (primary N) is 2. The highest BCUT2D eigenvalue weighted by molar-refractivity contribution is 7.10. The van der Waals surface area contributed by atoms with Crippen LogP contribution in [0, 0.1) is 5.82 Å². The van der Waals surface area contributed by atoms with Crippen LogP contribution in [0.5, 0.6) is 0 Å². The third kappa shape index (κ3) is 6.77. The Bertz CT molecular complexity index is 1410. The van der Waals surface area contributed by atoms with Crippen molar-refractivity contribution >= 4 is 39.7 Å². The lowest BCUT2D eigenvalue weighted by molar-refractivity contribution is -0.123. The maximum atomic E-state index is 13.3. The van der Waals surface area contributed by atoms with E-state index in [-0.39, 0.29) is 23.3 Å². The van der Waals surface area contributed by atoms with E-state index in [2.05, 4.69) is 27.5 Å². The van der Waals surface area contributed by atoms with Gasteiger partial charge in [0.2, 0.25) is 5.91 Å². The number of hydrogen-bond acceptors (Lipinski definition) is 7. The summed E-state index contributed by atoms with van der Waals surface area (Å²) in [5.41, 5.74) is 15.3. The Morgan fingerprint density at radius 3 is 2.66 bits per heavy atom. The number of nitrogens with one attached hydrogen (secondary N) is 2. The van der Waals surface area contributed by atoms with E-state index < -0.39 is 12.1 Å². The standard InChI is InChI=1S/C28H31FN6O2S/c1-2-18-4-3-5-23-21(18)14-20(15-32-23)33-27(37)25-16-38-28(35-25)24(34-26(36)22(31)12-13-30)11-8-17-6-9-19(29)10-7-17/h3-7,9-10,14-16,22,24H,2,8,11-13,30-31H2,1H3,(H,33,37)(H,34,36)/t22-,24-/m1/s1. The Morgan fingerprint density at radius 2 is 1.92 bits per heavy atom. The van der Waals surface area contributed by atoms with Gasteiger partial charge in [0, 0.05) is 10.8 Å². The molecule has 0 aliphatic heterocycles. The van der Waals surface area contributed by atoms with Gasteiger partial charge in [-0.2, -0.15) is 0 Å². The third-order valence-electron chi connectivity index (χ3n) is 6.27. The lowest BCUT2D eigenvalue weighted by atomic mass is 10.0. The number of anilines is 1. The van der Waals surface area contributed by atoms with Gasteiger partial charge in [-0.25, -0.2) is 9.37 Å². The number of amides is 2. The molecule has 0 saturated heterocycles. The molecular weight excluding hydrogens is 503 g/mol. The predicted molar refractivity (Wildman–Crippen MR) is 148 cm³/mol. The van der Waals surface area contributed by atoms with E-state index in [1.807, 2.05) is 24.3 Å². The van der Waals surface area contributed by atoms with Crippen LogP contribution >= 0.6 is 11.3 Å². The molecule has 38 heavy (non-hydrogen) atoms. The van der Waals surface area contributed by atoms with Gasteiger partial charge in [0.05, 0.1) is 29.5 Å². The summed E-state index contributed by atoms with van der Waals surface area (Å²) in [6, 6.07) is 12.9. The fraction of sp³-hybridized carbons (Fsp3) is 0.286. The third-order valence-corrected chi connectivity index (χ3v) is 7.23. The first-order chi connectivity index (χ1) is 18.4. The summed E-state index contributed by atoms with van der Waals surface area (Å²) in [5.74, 6) is -1.02. The highest BCUT2D eigenvalue weighted by Gasteiger charge is 2.23. The van der Waals surface area contributed by atoms with E-state index in [0.717, 1.165) is 28.5 Å². The first kappa shape index (κ1) is 27.3. The topological polar surface area (TPSA) is 136 Å². The molecule has 0 bridgehead atoms. The van der Waals surface area contributed by atoms with Crippen molar-refractivity contribution in [2.45, 2.75) is 44.7 Å². The molecule has 2 amide bonds. The average molecular weight is 535 g/mol. The molecule has 6 N–H and O–H groups in total. The van der Waals surface area contributed by atoms with Gasteiger partial charge in [-0.1, -0.05) is 31.2 Å². The van der Waals surface area contributed by atoms with Crippen molar-refractivity contribution in [3.05, 3.63) is 87.8 Å². The maximum absolute atomic E-state index is 13.3. The van der Waals surface area contributed by atoms with Crippen molar-refractivity contribution in [2.24, 2.45) is 11.5 Å². The number of fused-ring (bicyclic) bond motifs is 1. The molecule has 0 aliphatic rings. The van der Waals surface area contributed by atoms with Crippen LogP contribution in [0.25, 0.3) is 10.9 Å². The summed E-state index contributed by atoms with van der Waals surface area (Å²) in [4.78, 5) is 34.7. The second-order valence-electron chi connectivity index (χ2n) is 9.00. The van der Waals surface area contributed by atoms with E-state index in [9.17, 15) is 14.0 Å². The van der Waals surface area contributed by atoms with E-state index in [4.69, 9.17) is 11.5 Å². The molecule has 2 heterocycles. The van der Waals surface area contributed by atoms with Crippen molar-refractivity contribution in [3.8, 4) is 0 Å². The van der Waals surface area contributed by atoms with Gasteiger partial charge in [0.15, 0.2) is 0 Å². The van der Waals surface area contributed by atoms with Gasteiger partial charge in [0.25, 0.3) is 5.91 Å². The van der Waals surface area contributed by atoms with Crippen molar-refractivity contribution in [1.82, 2.24) is 15.3 Å². The molecule has 4 rings (SSSR count). The number of halogens is 1. The summed E-state index contributed by atoms with van der Waals surface area (Å²) in [6.07, 6.45) is 3.89. The van der Waals surface area contributed by atoms with Gasteiger partial charge >= 0.3 is 0 Å². The molecule has 0 saturated carbocycles. The lowest BCUT2D eigenvalue weighted by Crippen LogP contribution is -2.43. The first-order valence-electron chi connectivity index (χ1n) is 12.5. The summed E-state index contributed by atoms with van der Waals surface area (Å²) >= 11 is 1.28. The molecule has 0 aliphatic carbocycles. The van der Waals surface area contributed by atoms with Crippen LogP contribution in [0.1, 0.15) is 52.4 Å². The second-order valence-corrected chi connectivity index (χ2v) is 9.89. The molecule has 2 atom stereocenters. The van der Waals surface area contributed by atoms with E-state index >= 15 is 0 Å². The van der Waals surface area contributed by atoms with Crippen LogP contribution in [-0.2, 0) is 17.6 Å². The van der Waals surface area contributed by atoms with Gasteiger partial charge in [0.1, 0.15) is 16.5 Å².